The Balaban J connectivity index is 1.38. The molecule has 1 unspecified atom stereocenters. The van der Waals surface area contributed by atoms with Gasteiger partial charge in [-0.05, 0) is 31.3 Å². The third-order valence-corrected chi connectivity index (χ3v) is 7.38. The predicted octanol–water partition coefficient (Wildman–Crippen LogP) is 1.73. The Labute approximate surface area is 169 Å². The monoisotopic (exact) mass is 415 g/mol. The smallest absolute Gasteiger partial charge is 0.298 e. The highest BCUT2D eigenvalue weighted by molar-refractivity contribution is 7.10. The Morgan fingerprint density at radius 3 is 2.82 bits per heavy atom. The number of likely N-dealkylation sites (tertiary alicyclic amines) is 1. The van der Waals surface area contributed by atoms with Crippen LogP contribution < -0.4 is 11.1 Å². The van der Waals surface area contributed by atoms with Crippen molar-refractivity contribution in [2.75, 3.05) is 13.1 Å². The van der Waals surface area contributed by atoms with Gasteiger partial charge in [0.15, 0.2) is 0 Å². The molecule has 2 aliphatic heterocycles. The second-order valence-electron chi connectivity index (χ2n) is 7.84. The first kappa shape index (κ1) is 18.0. The second kappa shape index (κ2) is 6.75. The SMILES string of the molecule is Cc1nc(Cn2nc3n(c(=O)c2=O)CC2(CCN(Cc4cccs4)C2)C3)cs1. The summed E-state index contributed by atoms with van der Waals surface area (Å²) in [4.78, 5) is 33.5. The van der Waals surface area contributed by atoms with Gasteiger partial charge in [0.25, 0.3) is 0 Å². The number of nitrogens with zero attached hydrogens (tertiary/aromatic N) is 5. The van der Waals surface area contributed by atoms with Crippen LogP contribution in [0.3, 0.4) is 0 Å². The summed E-state index contributed by atoms with van der Waals surface area (Å²) in [5.41, 5.74) is -0.221. The number of aryl methyl sites for hydroxylation is 1. The van der Waals surface area contributed by atoms with Gasteiger partial charge in [-0.15, -0.1) is 22.7 Å². The number of hydrogen-bond donors (Lipinski definition) is 0. The highest BCUT2D eigenvalue weighted by Crippen LogP contribution is 2.39. The lowest BCUT2D eigenvalue weighted by atomic mass is 9.86. The van der Waals surface area contributed by atoms with Gasteiger partial charge >= 0.3 is 11.1 Å². The van der Waals surface area contributed by atoms with E-state index in [4.69, 9.17) is 0 Å². The minimum absolute atomic E-state index is 0.0132. The lowest BCUT2D eigenvalue weighted by Crippen LogP contribution is -2.43. The van der Waals surface area contributed by atoms with E-state index < -0.39 is 11.1 Å². The summed E-state index contributed by atoms with van der Waals surface area (Å²) in [6.45, 7) is 5.68. The molecular formula is C19H21N5O2S2. The van der Waals surface area contributed by atoms with Crippen molar-refractivity contribution < 1.29 is 0 Å². The van der Waals surface area contributed by atoms with Gasteiger partial charge in [-0.3, -0.25) is 19.1 Å². The molecule has 1 spiro atoms. The molecule has 3 aromatic heterocycles. The van der Waals surface area contributed by atoms with Crippen LogP contribution in [-0.4, -0.2) is 37.3 Å². The zero-order valence-corrected chi connectivity index (χ0v) is 17.3. The van der Waals surface area contributed by atoms with E-state index in [9.17, 15) is 9.59 Å². The van der Waals surface area contributed by atoms with Gasteiger partial charge in [0.05, 0.1) is 17.2 Å². The largest absolute Gasteiger partial charge is 0.332 e. The highest BCUT2D eigenvalue weighted by atomic mass is 32.1. The molecule has 0 aromatic carbocycles. The van der Waals surface area contributed by atoms with E-state index in [0.29, 0.717) is 6.54 Å². The molecule has 5 heterocycles. The Bertz CT molecular complexity index is 1130. The summed E-state index contributed by atoms with van der Waals surface area (Å²) in [7, 11) is 0. The first-order valence-electron chi connectivity index (χ1n) is 9.38. The number of aromatic nitrogens is 4. The third-order valence-electron chi connectivity index (χ3n) is 5.69. The summed E-state index contributed by atoms with van der Waals surface area (Å²) < 4.78 is 2.90. The van der Waals surface area contributed by atoms with Crippen molar-refractivity contribution in [2.45, 2.75) is 39.4 Å². The van der Waals surface area contributed by atoms with Crippen molar-refractivity contribution in [1.29, 1.82) is 0 Å². The van der Waals surface area contributed by atoms with E-state index >= 15 is 0 Å². The van der Waals surface area contributed by atoms with E-state index in [2.05, 4.69) is 32.5 Å². The zero-order chi connectivity index (χ0) is 19.3. The predicted molar refractivity (Wildman–Crippen MR) is 109 cm³/mol. The average molecular weight is 416 g/mol. The van der Waals surface area contributed by atoms with Crippen molar-refractivity contribution in [1.82, 2.24) is 24.2 Å². The van der Waals surface area contributed by atoms with Gasteiger partial charge in [-0.25, -0.2) is 9.67 Å². The molecule has 146 valence electrons. The van der Waals surface area contributed by atoms with Crippen LogP contribution in [0.2, 0.25) is 0 Å². The van der Waals surface area contributed by atoms with Crippen molar-refractivity contribution in [3.63, 3.8) is 0 Å². The van der Waals surface area contributed by atoms with Gasteiger partial charge in [-0.2, -0.15) is 5.10 Å². The molecule has 9 heteroatoms. The van der Waals surface area contributed by atoms with Gasteiger partial charge in [0.2, 0.25) is 0 Å². The van der Waals surface area contributed by atoms with Crippen LogP contribution in [0, 0.1) is 12.3 Å². The second-order valence-corrected chi connectivity index (χ2v) is 9.94. The fourth-order valence-corrected chi connectivity index (χ4v) is 5.75. The molecule has 28 heavy (non-hydrogen) atoms. The molecule has 3 aromatic rings. The van der Waals surface area contributed by atoms with Gasteiger partial charge in [0.1, 0.15) is 5.82 Å². The van der Waals surface area contributed by atoms with E-state index in [1.54, 1.807) is 15.9 Å². The molecule has 1 atom stereocenters. The quantitative estimate of drug-likeness (QED) is 0.607. The topological polar surface area (TPSA) is 73.0 Å². The Hall–Kier alpha value is -2.10. The molecule has 0 N–H and O–H groups in total. The molecular weight excluding hydrogens is 394 g/mol. The number of thiophene rings is 1. The summed E-state index contributed by atoms with van der Waals surface area (Å²) in [5.74, 6) is 0.731. The van der Waals surface area contributed by atoms with Crippen LogP contribution >= 0.6 is 22.7 Å². The normalized spacial score (nSPS) is 21.6. The van der Waals surface area contributed by atoms with Gasteiger partial charge in [0, 0.05) is 41.7 Å². The maximum Gasteiger partial charge on any atom is 0.332 e. The molecule has 5 rings (SSSR count). The average Bonchev–Trinajstić information content (AvgIpc) is 3.44. The molecule has 0 aliphatic carbocycles. The maximum absolute atomic E-state index is 12.7. The van der Waals surface area contributed by atoms with Crippen molar-refractivity contribution in [2.24, 2.45) is 5.41 Å². The summed E-state index contributed by atoms with van der Waals surface area (Å²) in [5, 5.41) is 9.51. The number of fused-ring (bicyclic) bond motifs is 1. The first-order valence-corrected chi connectivity index (χ1v) is 11.1. The van der Waals surface area contributed by atoms with Crippen LogP contribution in [-0.2, 0) is 26.1 Å². The van der Waals surface area contributed by atoms with Crippen LogP contribution in [0.25, 0.3) is 0 Å². The molecule has 0 amide bonds. The molecule has 0 radical (unpaired) electrons. The molecule has 1 saturated heterocycles. The maximum atomic E-state index is 12.7. The Morgan fingerprint density at radius 1 is 1.18 bits per heavy atom. The Morgan fingerprint density at radius 2 is 2.07 bits per heavy atom. The minimum Gasteiger partial charge on any atom is -0.298 e. The van der Waals surface area contributed by atoms with Crippen LogP contribution in [0.15, 0.2) is 32.5 Å². The molecule has 7 nitrogen and oxygen atoms in total. The van der Waals surface area contributed by atoms with Gasteiger partial charge in [-0.1, -0.05) is 6.07 Å². The molecule has 1 fully saturated rings. The Kier molecular flexibility index (Phi) is 4.33. The fraction of sp³-hybridized carbons (Fsp3) is 0.474. The first-order chi connectivity index (χ1) is 13.5. The van der Waals surface area contributed by atoms with E-state index in [1.165, 1.54) is 20.9 Å². The third kappa shape index (κ3) is 3.17. The molecule has 0 saturated carbocycles. The van der Waals surface area contributed by atoms with E-state index in [-0.39, 0.29) is 12.0 Å². The van der Waals surface area contributed by atoms with Crippen LogP contribution in [0.5, 0.6) is 0 Å². The van der Waals surface area contributed by atoms with Crippen molar-refractivity contribution in [3.05, 3.63) is 65.0 Å². The fourth-order valence-electron chi connectivity index (χ4n) is 4.40. The molecule has 2 aliphatic rings. The molecule has 0 bridgehead atoms. The summed E-state index contributed by atoms with van der Waals surface area (Å²) in [6, 6.07) is 4.25. The van der Waals surface area contributed by atoms with Crippen LogP contribution in [0.4, 0.5) is 0 Å². The number of thiazole rings is 1. The lowest BCUT2D eigenvalue weighted by Gasteiger charge is -2.22. The van der Waals surface area contributed by atoms with Crippen LogP contribution in [0.1, 0.15) is 27.8 Å². The zero-order valence-electron chi connectivity index (χ0n) is 15.6. The summed E-state index contributed by atoms with van der Waals surface area (Å²) in [6.07, 6.45) is 1.78. The van der Waals surface area contributed by atoms with Gasteiger partial charge < -0.3 is 0 Å². The standard InChI is InChI=1S/C19H21N5O2S2/c1-13-20-14(10-28-13)8-24-18(26)17(25)23-12-19(7-16(23)21-24)4-5-22(11-19)9-15-3-2-6-27-15/h2-3,6,10H,4-5,7-9,11-12H2,1H3. The minimum atomic E-state index is -0.556. The highest BCUT2D eigenvalue weighted by Gasteiger charge is 2.44. The number of rotatable bonds is 4. The van der Waals surface area contributed by atoms with E-state index in [0.717, 1.165) is 49.0 Å². The lowest BCUT2D eigenvalue weighted by molar-refractivity contribution is 0.247. The van der Waals surface area contributed by atoms with Crippen molar-refractivity contribution >= 4 is 22.7 Å². The number of hydrogen-bond acceptors (Lipinski definition) is 7. The summed E-state index contributed by atoms with van der Waals surface area (Å²) >= 11 is 3.31. The van der Waals surface area contributed by atoms with Crippen molar-refractivity contribution in [3.8, 4) is 0 Å². The van der Waals surface area contributed by atoms with E-state index in [1.807, 2.05) is 12.3 Å².